The molecule has 0 aliphatic heterocycles. The molecule has 1 N–H and O–H groups in total. The van der Waals surface area contributed by atoms with Gasteiger partial charge in [-0.05, 0) is 31.5 Å². The molecule has 0 aromatic heterocycles. The number of rotatable bonds is 3. The summed E-state index contributed by atoms with van der Waals surface area (Å²) in [6.07, 6.45) is -3.54. The number of alkyl halides is 3. The highest BCUT2D eigenvalue weighted by molar-refractivity contribution is 6.30. The molecule has 0 bridgehead atoms. The van der Waals surface area contributed by atoms with Crippen LogP contribution in [0.25, 0.3) is 0 Å². The number of anilines is 1. The molecule has 1 rings (SSSR count). The molecule has 0 amide bonds. The summed E-state index contributed by atoms with van der Waals surface area (Å²) in [5.74, 6) is 0. The summed E-state index contributed by atoms with van der Waals surface area (Å²) >= 11 is 5.64. The zero-order valence-corrected chi connectivity index (χ0v) is 9.78. The molecule has 0 spiro atoms. The maximum Gasteiger partial charge on any atom is 0.416 e. The van der Waals surface area contributed by atoms with Gasteiger partial charge in [-0.2, -0.15) is 13.2 Å². The molecule has 0 aliphatic carbocycles. The Morgan fingerprint density at radius 2 is 1.94 bits per heavy atom. The van der Waals surface area contributed by atoms with E-state index in [1.807, 2.05) is 13.8 Å². The third kappa shape index (κ3) is 3.59. The van der Waals surface area contributed by atoms with Crippen molar-refractivity contribution in [1.82, 2.24) is 0 Å². The summed E-state index contributed by atoms with van der Waals surface area (Å²) in [5.41, 5.74) is -0.333. The summed E-state index contributed by atoms with van der Waals surface area (Å²) in [4.78, 5) is 0. The monoisotopic (exact) mass is 251 g/mol. The SMILES string of the molecule is CCC(C)Nc1cc(Cl)cc(C(F)(F)F)c1. The first-order valence-corrected chi connectivity index (χ1v) is 5.35. The Morgan fingerprint density at radius 1 is 1.31 bits per heavy atom. The summed E-state index contributed by atoms with van der Waals surface area (Å²) in [6.45, 7) is 3.85. The Morgan fingerprint density at radius 3 is 2.44 bits per heavy atom. The van der Waals surface area contributed by atoms with Crippen molar-refractivity contribution in [2.75, 3.05) is 5.32 Å². The van der Waals surface area contributed by atoms with Gasteiger partial charge in [-0.25, -0.2) is 0 Å². The second-order valence-corrected chi connectivity index (χ2v) is 4.12. The second-order valence-electron chi connectivity index (χ2n) is 3.68. The maximum atomic E-state index is 12.5. The van der Waals surface area contributed by atoms with Gasteiger partial charge in [0.2, 0.25) is 0 Å². The van der Waals surface area contributed by atoms with Gasteiger partial charge in [-0.1, -0.05) is 18.5 Å². The molecule has 1 atom stereocenters. The fraction of sp³-hybridized carbons (Fsp3) is 0.455. The third-order valence-corrected chi connectivity index (χ3v) is 2.47. The highest BCUT2D eigenvalue weighted by atomic mass is 35.5. The lowest BCUT2D eigenvalue weighted by Gasteiger charge is -2.15. The maximum absolute atomic E-state index is 12.5. The minimum Gasteiger partial charge on any atom is -0.383 e. The molecule has 90 valence electrons. The minimum atomic E-state index is -4.36. The van der Waals surface area contributed by atoms with Crippen LogP contribution in [0.3, 0.4) is 0 Å². The quantitative estimate of drug-likeness (QED) is 0.830. The van der Waals surface area contributed by atoms with Crippen molar-refractivity contribution >= 4 is 17.3 Å². The van der Waals surface area contributed by atoms with Crippen molar-refractivity contribution in [3.63, 3.8) is 0 Å². The van der Waals surface area contributed by atoms with Gasteiger partial charge in [-0.15, -0.1) is 0 Å². The average molecular weight is 252 g/mol. The van der Waals surface area contributed by atoms with Crippen molar-refractivity contribution in [3.8, 4) is 0 Å². The average Bonchev–Trinajstić information content (AvgIpc) is 2.15. The molecule has 1 aromatic carbocycles. The highest BCUT2D eigenvalue weighted by Gasteiger charge is 2.31. The van der Waals surface area contributed by atoms with E-state index in [1.165, 1.54) is 6.07 Å². The topological polar surface area (TPSA) is 12.0 Å². The van der Waals surface area contributed by atoms with Gasteiger partial charge in [-0.3, -0.25) is 0 Å². The van der Waals surface area contributed by atoms with Crippen molar-refractivity contribution in [2.24, 2.45) is 0 Å². The number of halogens is 4. The molecular formula is C11H13ClF3N. The zero-order valence-electron chi connectivity index (χ0n) is 9.03. The van der Waals surface area contributed by atoms with Crippen LogP contribution in [0.2, 0.25) is 5.02 Å². The van der Waals surface area contributed by atoms with Crippen LogP contribution < -0.4 is 5.32 Å². The fourth-order valence-electron chi connectivity index (χ4n) is 1.22. The van der Waals surface area contributed by atoms with Crippen LogP contribution in [0.15, 0.2) is 18.2 Å². The number of hydrogen-bond donors (Lipinski definition) is 1. The molecule has 0 saturated heterocycles. The normalized spacial score (nSPS) is 13.6. The lowest BCUT2D eigenvalue weighted by atomic mass is 10.1. The Kier molecular flexibility index (Phi) is 4.08. The summed E-state index contributed by atoms with van der Waals surface area (Å²) in [5, 5.41) is 3.04. The van der Waals surface area contributed by atoms with Crippen LogP contribution in [0.5, 0.6) is 0 Å². The lowest BCUT2D eigenvalue weighted by Crippen LogP contribution is -2.14. The molecular weight excluding hydrogens is 239 g/mol. The molecule has 0 saturated carbocycles. The lowest BCUT2D eigenvalue weighted by molar-refractivity contribution is -0.137. The zero-order chi connectivity index (χ0) is 12.3. The van der Waals surface area contributed by atoms with Gasteiger partial charge < -0.3 is 5.32 Å². The molecule has 0 fully saturated rings. The van der Waals surface area contributed by atoms with Crippen molar-refractivity contribution in [3.05, 3.63) is 28.8 Å². The molecule has 1 unspecified atom stereocenters. The molecule has 1 aromatic rings. The number of hydrogen-bond acceptors (Lipinski definition) is 1. The van der Waals surface area contributed by atoms with E-state index < -0.39 is 11.7 Å². The predicted octanol–water partition coefficient (Wildman–Crippen LogP) is 4.57. The van der Waals surface area contributed by atoms with Crippen LogP contribution in [-0.4, -0.2) is 6.04 Å². The van der Waals surface area contributed by atoms with Crippen molar-refractivity contribution in [1.29, 1.82) is 0 Å². The standard InChI is InChI=1S/C11H13ClF3N/c1-3-7(2)16-10-5-8(11(13,14)15)4-9(12)6-10/h4-7,16H,3H2,1-2H3. The minimum absolute atomic E-state index is 0.0839. The second kappa shape index (κ2) is 4.95. The molecule has 16 heavy (non-hydrogen) atoms. The van der Waals surface area contributed by atoms with Crippen LogP contribution in [-0.2, 0) is 6.18 Å². The van der Waals surface area contributed by atoms with Crippen LogP contribution in [0.4, 0.5) is 18.9 Å². The molecule has 0 aliphatic rings. The fourth-order valence-corrected chi connectivity index (χ4v) is 1.46. The van der Waals surface area contributed by atoms with E-state index in [1.54, 1.807) is 0 Å². The molecule has 0 radical (unpaired) electrons. The van der Waals surface area contributed by atoms with E-state index in [9.17, 15) is 13.2 Å². The van der Waals surface area contributed by atoms with E-state index in [-0.39, 0.29) is 11.1 Å². The van der Waals surface area contributed by atoms with Crippen molar-refractivity contribution < 1.29 is 13.2 Å². The Bertz CT molecular complexity index is 363. The smallest absolute Gasteiger partial charge is 0.383 e. The van der Waals surface area contributed by atoms with E-state index >= 15 is 0 Å². The third-order valence-electron chi connectivity index (χ3n) is 2.25. The van der Waals surface area contributed by atoms with Crippen molar-refractivity contribution in [2.45, 2.75) is 32.5 Å². The summed E-state index contributed by atoms with van der Waals surface area (Å²) in [7, 11) is 0. The number of nitrogens with one attached hydrogen (secondary N) is 1. The van der Waals surface area contributed by atoms with E-state index in [0.717, 1.165) is 18.6 Å². The van der Waals surface area contributed by atoms with Crippen LogP contribution >= 0.6 is 11.6 Å². The van der Waals surface area contributed by atoms with Gasteiger partial charge in [0, 0.05) is 16.8 Å². The first-order valence-electron chi connectivity index (χ1n) is 4.97. The van der Waals surface area contributed by atoms with Gasteiger partial charge in [0.05, 0.1) is 5.56 Å². The number of benzene rings is 1. The van der Waals surface area contributed by atoms with Crippen LogP contribution in [0.1, 0.15) is 25.8 Å². The highest BCUT2D eigenvalue weighted by Crippen LogP contribution is 2.33. The Hall–Kier alpha value is -0.900. The predicted molar refractivity (Wildman–Crippen MR) is 59.8 cm³/mol. The van der Waals surface area contributed by atoms with Crippen LogP contribution in [0, 0.1) is 0 Å². The van der Waals surface area contributed by atoms with Gasteiger partial charge >= 0.3 is 6.18 Å². The Balaban J connectivity index is 2.99. The first-order chi connectivity index (χ1) is 7.32. The first kappa shape index (κ1) is 13.2. The Labute approximate surface area is 97.6 Å². The molecule has 1 nitrogen and oxygen atoms in total. The summed E-state index contributed by atoms with van der Waals surface area (Å²) in [6, 6.07) is 3.59. The van der Waals surface area contributed by atoms with E-state index in [2.05, 4.69) is 5.32 Å². The van der Waals surface area contributed by atoms with Gasteiger partial charge in [0.25, 0.3) is 0 Å². The summed E-state index contributed by atoms with van der Waals surface area (Å²) < 4.78 is 37.4. The van der Waals surface area contributed by atoms with E-state index in [0.29, 0.717) is 5.69 Å². The van der Waals surface area contributed by atoms with Gasteiger partial charge in [0.1, 0.15) is 0 Å². The van der Waals surface area contributed by atoms with Gasteiger partial charge in [0.15, 0.2) is 0 Å². The largest absolute Gasteiger partial charge is 0.416 e. The molecule has 5 heteroatoms. The molecule has 0 heterocycles. The van der Waals surface area contributed by atoms with E-state index in [4.69, 9.17) is 11.6 Å².